The second-order valence-corrected chi connectivity index (χ2v) is 5.59. The first-order valence-electron chi connectivity index (χ1n) is 7.68. The number of nitrogens with two attached hydrogens (primary N) is 1. The minimum absolute atomic E-state index is 0.0695. The smallest absolute Gasteiger partial charge is 0.341 e. The van der Waals surface area contributed by atoms with E-state index in [0.717, 1.165) is 10.9 Å². The lowest BCUT2D eigenvalue weighted by Crippen LogP contribution is -2.30. The highest BCUT2D eigenvalue weighted by Gasteiger charge is 2.18. The molecule has 0 amide bonds. The standard InChI is InChI=1S/C19H18N2O3/c20-15(10-13-6-2-1-3-7-13)12-24-18-17(19(22)23)16-9-5-4-8-14(16)11-21-18/h1-9,11,15H,10,12,20H2,(H,22,23)/t15-/m1/s1. The molecular weight excluding hydrogens is 304 g/mol. The van der Waals surface area contributed by atoms with Crippen LogP contribution in [0.2, 0.25) is 0 Å². The van der Waals surface area contributed by atoms with Gasteiger partial charge in [-0.2, -0.15) is 0 Å². The van der Waals surface area contributed by atoms with Gasteiger partial charge in [0, 0.05) is 23.0 Å². The first kappa shape index (κ1) is 16.0. The van der Waals surface area contributed by atoms with Crippen molar-refractivity contribution < 1.29 is 14.6 Å². The molecule has 3 aromatic rings. The number of carboxylic acids is 1. The first-order chi connectivity index (χ1) is 11.6. The number of carbonyl (C=O) groups is 1. The summed E-state index contributed by atoms with van der Waals surface area (Å²) >= 11 is 0. The third-order valence-electron chi connectivity index (χ3n) is 3.75. The monoisotopic (exact) mass is 322 g/mol. The van der Waals surface area contributed by atoms with Crippen molar-refractivity contribution >= 4 is 16.7 Å². The molecule has 0 saturated heterocycles. The molecule has 3 N–H and O–H groups in total. The minimum atomic E-state index is -1.06. The Morgan fingerprint density at radius 1 is 1.12 bits per heavy atom. The van der Waals surface area contributed by atoms with Crippen LogP contribution in [0.5, 0.6) is 5.88 Å². The van der Waals surface area contributed by atoms with Crippen LogP contribution in [0, 0.1) is 0 Å². The van der Waals surface area contributed by atoms with Crippen molar-refractivity contribution in [1.29, 1.82) is 0 Å². The summed E-state index contributed by atoms with van der Waals surface area (Å²) in [6.07, 6.45) is 2.26. The van der Waals surface area contributed by atoms with Gasteiger partial charge in [0.05, 0.1) is 0 Å². The molecule has 1 atom stereocenters. The average Bonchev–Trinajstić information content (AvgIpc) is 2.60. The zero-order chi connectivity index (χ0) is 16.9. The number of benzene rings is 2. The number of hydrogen-bond acceptors (Lipinski definition) is 4. The van der Waals surface area contributed by atoms with E-state index in [0.29, 0.717) is 11.8 Å². The minimum Gasteiger partial charge on any atom is -0.477 e. The van der Waals surface area contributed by atoms with Gasteiger partial charge < -0.3 is 15.6 Å². The lowest BCUT2D eigenvalue weighted by atomic mass is 10.1. The van der Waals surface area contributed by atoms with Gasteiger partial charge in [0.25, 0.3) is 0 Å². The molecule has 0 radical (unpaired) electrons. The van der Waals surface area contributed by atoms with E-state index >= 15 is 0 Å². The number of pyridine rings is 1. The molecule has 2 aromatic carbocycles. The van der Waals surface area contributed by atoms with Crippen molar-refractivity contribution in [2.75, 3.05) is 6.61 Å². The highest BCUT2D eigenvalue weighted by atomic mass is 16.5. The van der Waals surface area contributed by atoms with Crippen LogP contribution in [0.25, 0.3) is 10.8 Å². The summed E-state index contributed by atoms with van der Waals surface area (Å²) in [4.78, 5) is 15.8. The molecule has 0 unspecified atom stereocenters. The summed E-state index contributed by atoms with van der Waals surface area (Å²) in [6, 6.07) is 16.8. The van der Waals surface area contributed by atoms with E-state index in [1.807, 2.05) is 42.5 Å². The van der Waals surface area contributed by atoms with Gasteiger partial charge in [-0.05, 0) is 12.0 Å². The largest absolute Gasteiger partial charge is 0.477 e. The van der Waals surface area contributed by atoms with Gasteiger partial charge in [-0.15, -0.1) is 0 Å². The number of aromatic carboxylic acids is 1. The fourth-order valence-corrected chi connectivity index (χ4v) is 2.62. The van der Waals surface area contributed by atoms with Crippen molar-refractivity contribution in [3.05, 3.63) is 71.9 Å². The first-order valence-corrected chi connectivity index (χ1v) is 7.68. The van der Waals surface area contributed by atoms with Crippen LogP contribution in [-0.2, 0) is 6.42 Å². The molecule has 3 rings (SSSR count). The molecule has 0 bridgehead atoms. The summed E-state index contributed by atoms with van der Waals surface area (Å²) in [5, 5.41) is 10.9. The molecule has 24 heavy (non-hydrogen) atoms. The van der Waals surface area contributed by atoms with Crippen LogP contribution in [0.3, 0.4) is 0 Å². The Morgan fingerprint density at radius 3 is 2.58 bits per heavy atom. The van der Waals surface area contributed by atoms with E-state index in [9.17, 15) is 9.90 Å². The highest BCUT2D eigenvalue weighted by molar-refractivity contribution is 6.05. The van der Waals surface area contributed by atoms with Gasteiger partial charge in [-0.3, -0.25) is 0 Å². The molecule has 1 aromatic heterocycles. The summed E-state index contributed by atoms with van der Waals surface area (Å²) in [7, 11) is 0. The fourth-order valence-electron chi connectivity index (χ4n) is 2.62. The van der Waals surface area contributed by atoms with Crippen LogP contribution in [0.1, 0.15) is 15.9 Å². The predicted octanol–water partition coefficient (Wildman–Crippen LogP) is 2.88. The molecule has 0 aliphatic carbocycles. The van der Waals surface area contributed by atoms with Gasteiger partial charge >= 0.3 is 5.97 Å². The molecule has 0 aliphatic heterocycles. The van der Waals surface area contributed by atoms with Crippen LogP contribution in [0.15, 0.2) is 60.8 Å². The number of carboxylic acid groups (broad SMARTS) is 1. The number of ether oxygens (including phenoxy) is 1. The fraction of sp³-hybridized carbons (Fsp3) is 0.158. The second kappa shape index (κ2) is 7.10. The zero-order valence-electron chi connectivity index (χ0n) is 13.1. The molecule has 0 saturated carbocycles. The van der Waals surface area contributed by atoms with E-state index in [1.54, 1.807) is 18.3 Å². The number of rotatable bonds is 6. The molecule has 0 aliphatic rings. The summed E-state index contributed by atoms with van der Waals surface area (Å²) < 4.78 is 5.62. The molecular formula is C19H18N2O3. The van der Waals surface area contributed by atoms with Crippen molar-refractivity contribution in [1.82, 2.24) is 4.98 Å². The van der Waals surface area contributed by atoms with Gasteiger partial charge in [-0.25, -0.2) is 9.78 Å². The predicted molar refractivity (Wildman–Crippen MR) is 92.3 cm³/mol. The molecule has 0 fully saturated rings. The summed E-state index contributed by atoms with van der Waals surface area (Å²) in [5.74, 6) is -0.962. The van der Waals surface area contributed by atoms with Gasteiger partial charge in [-0.1, -0.05) is 54.6 Å². The van der Waals surface area contributed by atoms with Gasteiger partial charge in [0.1, 0.15) is 12.2 Å². The maximum absolute atomic E-state index is 11.6. The van der Waals surface area contributed by atoms with Crippen LogP contribution in [-0.4, -0.2) is 28.7 Å². The third-order valence-corrected chi connectivity index (χ3v) is 3.75. The molecule has 5 heteroatoms. The Balaban J connectivity index is 1.77. The molecule has 122 valence electrons. The van der Waals surface area contributed by atoms with Crippen LogP contribution in [0.4, 0.5) is 0 Å². The van der Waals surface area contributed by atoms with Crippen molar-refractivity contribution in [2.45, 2.75) is 12.5 Å². The second-order valence-electron chi connectivity index (χ2n) is 5.59. The number of aromatic nitrogens is 1. The van der Waals surface area contributed by atoms with E-state index in [2.05, 4.69) is 4.98 Å². The third kappa shape index (κ3) is 3.52. The van der Waals surface area contributed by atoms with E-state index in [-0.39, 0.29) is 24.1 Å². The van der Waals surface area contributed by atoms with E-state index in [1.165, 1.54) is 0 Å². The Labute approximate surface area is 139 Å². The lowest BCUT2D eigenvalue weighted by molar-refractivity contribution is 0.0693. The van der Waals surface area contributed by atoms with Gasteiger partial charge in [0.2, 0.25) is 5.88 Å². The lowest BCUT2D eigenvalue weighted by Gasteiger charge is -2.15. The van der Waals surface area contributed by atoms with E-state index in [4.69, 9.17) is 10.5 Å². The molecule has 1 heterocycles. The Bertz CT molecular complexity index is 850. The van der Waals surface area contributed by atoms with Gasteiger partial charge in [0.15, 0.2) is 0 Å². The van der Waals surface area contributed by atoms with Crippen molar-refractivity contribution in [3.63, 3.8) is 0 Å². The van der Waals surface area contributed by atoms with Crippen molar-refractivity contribution in [2.24, 2.45) is 5.73 Å². The highest BCUT2D eigenvalue weighted by Crippen LogP contribution is 2.25. The molecule has 5 nitrogen and oxygen atoms in total. The van der Waals surface area contributed by atoms with Crippen LogP contribution < -0.4 is 10.5 Å². The maximum Gasteiger partial charge on any atom is 0.341 e. The number of hydrogen-bond donors (Lipinski definition) is 2. The Morgan fingerprint density at radius 2 is 1.83 bits per heavy atom. The van der Waals surface area contributed by atoms with E-state index < -0.39 is 5.97 Å². The van der Waals surface area contributed by atoms with Crippen molar-refractivity contribution in [3.8, 4) is 5.88 Å². The SMILES string of the molecule is N[C@@H](COc1ncc2ccccc2c1C(=O)O)Cc1ccccc1. The topological polar surface area (TPSA) is 85.4 Å². The maximum atomic E-state index is 11.6. The Kier molecular flexibility index (Phi) is 4.72. The average molecular weight is 322 g/mol. The van der Waals surface area contributed by atoms with Crippen LogP contribution >= 0.6 is 0 Å². The number of nitrogens with zero attached hydrogens (tertiary/aromatic N) is 1. The summed E-state index contributed by atoms with van der Waals surface area (Å²) in [6.45, 7) is 0.195. The molecule has 0 spiro atoms. The quantitative estimate of drug-likeness (QED) is 0.729. The number of fused-ring (bicyclic) bond motifs is 1. The normalized spacial score (nSPS) is 12.0. The Hall–Kier alpha value is -2.92. The summed E-state index contributed by atoms with van der Waals surface area (Å²) in [5.41, 5.74) is 7.27. The zero-order valence-corrected chi connectivity index (χ0v) is 13.1.